The van der Waals surface area contributed by atoms with Gasteiger partial charge in [0.15, 0.2) is 5.65 Å². The fraction of sp³-hybridized carbons (Fsp3) is 0.200. The predicted octanol–water partition coefficient (Wildman–Crippen LogP) is 3.61. The molecular formula is C20H13F5N6O3S. The van der Waals surface area contributed by atoms with Gasteiger partial charge in [0, 0.05) is 18.1 Å². The second-order valence-corrected chi connectivity index (χ2v) is 8.87. The van der Waals surface area contributed by atoms with Crippen molar-refractivity contribution in [3.05, 3.63) is 48.3 Å². The third-order valence-corrected chi connectivity index (χ3v) is 6.42. The fourth-order valence-corrected chi connectivity index (χ4v) is 4.35. The number of sulfonamides is 1. The zero-order valence-corrected chi connectivity index (χ0v) is 18.3. The summed E-state index contributed by atoms with van der Waals surface area (Å²) in [5, 5.41) is 9.97. The Labute approximate surface area is 194 Å². The van der Waals surface area contributed by atoms with Gasteiger partial charge in [-0.3, -0.25) is 9.55 Å². The van der Waals surface area contributed by atoms with Crippen LogP contribution in [0.15, 0.2) is 47.6 Å². The molecule has 0 aliphatic heterocycles. The number of nitrogens with zero attached hydrogens (tertiary/aromatic N) is 5. The van der Waals surface area contributed by atoms with E-state index in [4.69, 9.17) is 0 Å². The number of pyridine rings is 1. The molecule has 3 aromatic rings. The lowest BCUT2D eigenvalue weighted by molar-refractivity contribution is -0.147. The maximum atomic E-state index is 12.8. The highest BCUT2D eigenvalue weighted by Gasteiger charge is 2.39. The van der Waals surface area contributed by atoms with Crippen molar-refractivity contribution in [1.82, 2.24) is 24.2 Å². The number of alkyl halides is 5. The van der Waals surface area contributed by atoms with Crippen LogP contribution >= 0.6 is 0 Å². The zero-order chi connectivity index (χ0) is 25.5. The van der Waals surface area contributed by atoms with Gasteiger partial charge >= 0.3 is 18.8 Å². The Balaban J connectivity index is 1.82. The largest absolute Gasteiger partial charge is 0.404 e. The summed E-state index contributed by atoms with van der Waals surface area (Å²) in [7, 11) is -4.56. The van der Waals surface area contributed by atoms with Crippen LogP contribution in [0.2, 0.25) is 0 Å². The molecule has 9 nitrogen and oxygen atoms in total. The lowest BCUT2D eigenvalue weighted by Crippen LogP contribution is -2.42. The van der Waals surface area contributed by atoms with Crippen LogP contribution in [0.3, 0.4) is 0 Å². The first-order valence-corrected chi connectivity index (χ1v) is 11.1. The summed E-state index contributed by atoms with van der Waals surface area (Å²) in [5.74, 6) is 0. The Morgan fingerprint density at radius 1 is 1.20 bits per heavy atom. The Bertz CT molecular complexity index is 1510. The topological polar surface area (TPSA) is 123 Å². The van der Waals surface area contributed by atoms with Crippen molar-refractivity contribution in [2.75, 3.05) is 0 Å². The molecule has 1 aliphatic carbocycles. The van der Waals surface area contributed by atoms with Crippen LogP contribution in [0.4, 0.5) is 22.0 Å². The Morgan fingerprint density at radius 3 is 2.43 bits per heavy atom. The molecule has 0 bridgehead atoms. The van der Waals surface area contributed by atoms with Gasteiger partial charge < -0.3 is 4.74 Å². The van der Waals surface area contributed by atoms with Crippen LogP contribution in [0.5, 0.6) is 6.01 Å². The minimum atomic E-state index is -4.79. The molecular weight excluding hydrogens is 499 g/mol. The third-order valence-electron chi connectivity index (χ3n) is 4.90. The molecule has 1 N–H and O–H groups in total. The Hall–Kier alpha value is -3.90. The van der Waals surface area contributed by atoms with E-state index in [1.165, 1.54) is 15.4 Å². The summed E-state index contributed by atoms with van der Waals surface area (Å²) in [6, 6.07) is 1.23. The normalized spacial score (nSPS) is 14.5. The van der Waals surface area contributed by atoms with Gasteiger partial charge in [-0.15, -0.1) is 0 Å². The standard InChI is InChI=1S/C20H13F5N6O3S/c1-10(20(23,24)25)30-35(32,33)12-5-6-15(27-8-12)16-13(7-26)14-9-28-19(34-18(21)22)29-17(14)31(16)11-3-2-4-11/h2-6,8-10,18,30H,1H3. The van der Waals surface area contributed by atoms with E-state index in [1.807, 2.05) is 6.07 Å². The van der Waals surface area contributed by atoms with E-state index in [9.17, 15) is 35.6 Å². The molecule has 0 saturated carbocycles. The summed E-state index contributed by atoms with van der Waals surface area (Å²) in [5.41, 5.74) is 0.781. The number of aromatic nitrogens is 4. The first-order valence-electron chi connectivity index (χ1n) is 9.63. The average Bonchev–Trinajstić information content (AvgIpc) is 3.04. The highest BCUT2D eigenvalue weighted by Crippen LogP contribution is 2.36. The van der Waals surface area contributed by atoms with E-state index in [0.29, 0.717) is 12.6 Å². The van der Waals surface area contributed by atoms with E-state index in [0.717, 1.165) is 18.5 Å². The molecule has 1 unspecified atom stereocenters. The molecule has 35 heavy (non-hydrogen) atoms. The van der Waals surface area contributed by atoms with Crippen molar-refractivity contribution in [1.29, 1.82) is 5.26 Å². The van der Waals surface area contributed by atoms with E-state index in [1.54, 1.807) is 18.2 Å². The highest BCUT2D eigenvalue weighted by molar-refractivity contribution is 7.89. The molecule has 4 rings (SSSR count). The number of ether oxygens (including phenoxy) is 1. The lowest BCUT2D eigenvalue weighted by atomic mass is 10.1. The van der Waals surface area contributed by atoms with E-state index in [2.05, 4.69) is 19.7 Å². The Kier molecular flexibility index (Phi) is 6.03. The molecule has 3 heterocycles. The minimum absolute atomic E-state index is 0.0109. The molecule has 0 spiro atoms. The van der Waals surface area contributed by atoms with Crippen LogP contribution < -0.4 is 9.46 Å². The molecule has 182 valence electrons. The van der Waals surface area contributed by atoms with Gasteiger partial charge in [0.2, 0.25) is 10.0 Å². The summed E-state index contributed by atoms with van der Waals surface area (Å²) < 4.78 is 95.5. The average molecular weight is 512 g/mol. The third kappa shape index (κ3) is 4.57. The second kappa shape index (κ2) is 8.71. The number of rotatable bonds is 7. The summed E-state index contributed by atoms with van der Waals surface area (Å²) >= 11 is 0. The van der Waals surface area contributed by atoms with E-state index >= 15 is 0 Å². The van der Waals surface area contributed by atoms with Gasteiger partial charge in [-0.05, 0) is 31.2 Å². The van der Waals surface area contributed by atoms with Gasteiger partial charge in [0.1, 0.15) is 17.0 Å². The Morgan fingerprint density at radius 2 is 1.91 bits per heavy atom. The van der Waals surface area contributed by atoms with Crippen LogP contribution in [0.25, 0.3) is 28.1 Å². The number of allylic oxidation sites excluding steroid dienone is 4. The van der Waals surface area contributed by atoms with Crippen molar-refractivity contribution in [3.8, 4) is 23.5 Å². The van der Waals surface area contributed by atoms with Crippen molar-refractivity contribution in [3.63, 3.8) is 0 Å². The quantitative estimate of drug-likeness (QED) is 0.480. The summed E-state index contributed by atoms with van der Waals surface area (Å²) in [4.78, 5) is 11.2. The molecule has 15 heteroatoms. The van der Waals surface area contributed by atoms with Gasteiger partial charge in [0.25, 0.3) is 0 Å². The number of nitriles is 1. The maximum Gasteiger partial charge on any atom is 0.404 e. The number of hydrogen-bond acceptors (Lipinski definition) is 7. The molecule has 0 fully saturated rings. The monoisotopic (exact) mass is 512 g/mol. The summed E-state index contributed by atoms with van der Waals surface area (Å²) in [6.45, 7) is -2.53. The summed E-state index contributed by atoms with van der Waals surface area (Å²) in [6.07, 6.45) is 2.13. The van der Waals surface area contributed by atoms with Crippen molar-refractivity contribution >= 4 is 26.8 Å². The first kappa shape index (κ1) is 24.2. The second-order valence-electron chi connectivity index (χ2n) is 7.15. The first-order chi connectivity index (χ1) is 16.4. The van der Waals surface area contributed by atoms with E-state index in [-0.39, 0.29) is 28.0 Å². The van der Waals surface area contributed by atoms with Crippen LogP contribution in [0, 0.1) is 11.3 Å². The number of fused-ring (bicyclic) bond motifs is 1. The van der Waals surface area contributed by atoms with Crippen molar-refractivity contribution in [2.45, 2.75) is 30.6 Å². The van der Waals surface area contributed by atoms with Crippen LogP contribution in [-0.2, 0) is 10.0 Å². The maximum absolute atomic E-state index is 12.8. The molecule has 0 saturated heterocycles. The lowest BCUT2D eigenvalue weighted by Gasteiger charge is -2.17. The molecule has 1 atom stereocenters. The smallest absolute Gasteiger partial charge is 0.401 e. The number of halogens is 5. The fourth-order valence-electron chi connectivity index (χ4n) is 3.17. The zero-order valence-electron chi connectivity index (χ0n) is 17.5. The van der Waals surface area contributed by atoms with Crippen molar-refractivity contribution in [2.24, 2.45) is 0 Å². The molecule has 0 aromatic carbocycles. The van der Waals surface area contributed by atoms with Gasteiger partial charge in [-0.2, -0.15) is 36.9 Å². The van der Waals surface area contributed by atoms with Crippen molar-refractivity contribution < 1.29 is 35.1 Å². The van der Waals surface area contributed by atoms with E-state index < -0.39 is 39.8 Å². The van der Waals surface area contributed by atoms with Gasteiger partial charge in [0.05, 0.1) is 22.3 Å². The van der Waals surface area contributed by atoms with Gasteiger partial charge in [-0.1, -0.05) is 6.08 Å². The molecule has 3 aromatic heterocycles. The number of hydrogen-bond donors (Lipinski definition) is 1. The van der Waals surface area contributed by atoms with Crippen LogP contribution in [0.1, 0.15) is 12.5 Å². The number of nitrogens with one attached hydrogen (secondary N) is 1. The molecule has 0 radical (unpaired) electrons. The predicted molar refractivity (Wildman–Crippen MR) is 111 cm³/mol. The highest BCUT2D eigenvalue weighted by atomic mass is 32.2. The van der Waals surface area contributed by atoms with Gasteiger partial charge in [-0.25, -0.2) is 13.4 Å². The minimum Gasteiger partial charge on any atom is -0.401 e. The molecule has 0 amide bonds. The molecule has 1 aliphatic rings. The van der Waals surface area contributed by atoms with Crippen LogP contribution in [-0.4, -0.2) is 46.8 Å². The SMILES string of the molecule is CC(NS(=O)(=O)c1ccc(-c2c(C#N)c3cnc(OC(F)F)nc3n2C2=CC=C2)nc1)C(F)(F)F.